The van der Waals surface area contributed by atoms with Crippen molar-refractivity contribution in [1.82, 2.24) is 15.6 Å². The molecule has 5 fully saturated rings. The molecule has 2 amide bonds. The molecule has 2 aromatic rings. The van der Waals surface area contributed by atoms with Gasteiger partial charge in [0, 0.05) is 35.6 Å². The van der Waals surface area contributed by atoms with Gasteiger partial charge in [0.2, 0.25) is 5.91 Å². The van der Waals surface area contributed by atoms with Crippen molar-refractivity contribution in [2.24, 2.45) is 46.3 Å². The third-order valence-corrected chi connectivity index (χ3v) is 15.3. The first-order valence-corrected chi connectivity index (χ1v) is 20.6. The van der Waals surface area contributed by atoms with Crippen molar-refractivity contribution in [3.8, 4) is 0 Å². The van der Waals surface area contributed by atoms with E-state index in [1.165, 1.54) is 64.2 Å². The van der Waals surface area contributed by atoms with Gasteiger partial charge in [0.05, 0.1) is 6.42 Å². The number of aromatic amines is 1. The van der Waals surface area contributed by atoms with Crippen molar-refractivity contribution in [2.75, 3.05) is 0 Å². The van der Waals surface area contributed by atoms with Crippen molar-refractivity contribution in [1.29, 1.82) is 0 Å². The Labute approximate surface area is 305 Å². The molecule has 7 rings (SSSR count). The minimum Gasteiger partial charge on any atom is -0.481 e. The van der Waals surface area contributed by atoms with E-state index in [9.17, 15) is 19.5 Å². The maximum Gasteiger partial charge on any atom is 0.407 e. The first-order valence-electron chi connectivity index (χ1n) is 20.6. The largest absolute Gasteiger partial charge is 0.481 e. The van der Waals surface area contributed by atoms with Gasteiger partial charge in [-0.3, -0.25) is 9.59 Å². The van der Waals surface area contributed by atoms with E-state index in [2.05, 4.69) is 36.4 Å². The van der Waals surface area contributed by atoms with Gasteiger partial charge in [-0.15, -0.1) is 0 Å². The number of carbonyl (C=O) groups excluding carboxylic acids is 2. The standard InChI is InChI=1S/C43H63N3O5/c1-27(13-18-39(47)45-31(25-40(48)49)23-28-26-44-38-12-8-7-11-33(28)38)35-16-17-36-34-15-14-29-24-32(51-41(50)46-30-9-5-4-6-10-30)19-21-42(29,2)37(34)20-22-43(35,36)3/h7-8,11-12,26-27,29-32,34-37,44H,4-6,9-10,13-25H2,1-3H3,(H,45,47)(H,46,50)(H,48,49)/t27-,29-,31+,32-,34+,35-,36+,37+,42+,43-/m1/s1. The molecule has 5 saturated carbocycles. The molecule has 5 aliphatic rings. The number of amides is 2. The van der Waals surface area contributed by atoms with Gasteiger partial charge in [-0.05, 0) is 141 Å². The van der Waals surface area contributed by atoms with Crippen LogP contribution in [0.2, 0.25) is 0 Å². The molecule has 0 spiro atoms. The molecule has 1 aromatic carbocycles. The van der Waals surface area contributed by atoms with Crippen LogP contribution in [-0.4, -0.2) is 46.2 Å². The van der Waals surface area contributed by atoms with Gasteiger partial charge >= 0.3 is 12.1 Å². The van der Waals surface area contributed by atoms with E-state index in [0.29, 0.717) is 47.5 Å². The summed E-state index contributed by atoms with van der Waals surface area (Å²) in [6, 6.07) is 7.87. The van der Waals surface area contributed by atoms with E-state index in [-0.39, 0.29) is 24.5 Å². The number of aliphatic carboxylic acids is 1. The fourth-order valence-corrected chi connectivity index (χ4v) is 12.7. The Morgan fingerprint density at radius 1 is 0.941 bits per heavy atom. The van der Waals surface area contributed by atoms with Crippen molar-refractivity contribution >= 4 is 28.9 Å². The number of aromatic nitrogens is 1. The van der Waals surface area contributed by atoms with Gasteiger partial charge in [0.1, 0.15) is 6.10 Å². The molecule has 0 saturated heterocycles. The molecule has 0 bridgehead atoms. The Morgan fingerprint density at radius 3 is 2.51 bits per heavy atom. The minimum atomic E-state index is -0.893. The lowest BCUT2D eigenvalue weighted by Gasteiger charge is -2.61. The van der Waals surface area contributed by atoms with Gasteiger partial charge in [-0.1, -0.05) is 58.2 Å². The fourth-order valence-electron chi connectivity index (χ4n) is 12.7. The summed E-state index contributed by atoms with van der Waals surface area (Å²) in [5.74, 6) is 3.07. The quantitative estimate of drug-likeness (QED) is 0.186. The number of hydrogen-bond acceptors (Lipinski definition) is 4. The third kappa shape index (κ3) is 7.58. The zero-order valence-corrected chi connectivity index (χ0v) is 31.4. The molecule has 1 heterocycles. The van der Waals surface area contributed by atoms with Crippen molar-refractivity contribution in [3.63, 3.8) is 0 Å². The van der Waals surface area contributed by atoms with Gasteiger partial charge in [0.15, 0.2) is 0 Å². The third-order valence-electron chi connectivity index (χ3n) is 15.3. The molecule has 10 atom stereocenters. The number of benzene rings is 1. The van der Waals surface area contributed by atoms with Gasteiger partial charge in [-0.2, -0.15) is 0 Å². The summed E-state index contributed by atoms with van der Waals surface area (Å²) in [5, 5.41) is 17.0. The van der Waals surface area contributed by atoms with Crippen LogP contribution in [0.5, 0.6) is 0 Å². The molecule has 4 N–H and O–H groups in total. The number of carbonyl (C=O) groups is 3. The Morgan fingerprint density at radius 2 is 1.71 bits per heavy atom. The first kappa shape index (κ1) is 36.3. The first-order chi connectivity index (χ1) is 24.5. The average molecular weight is 702 g/mol. The number of H-pyrrole nitrogens is 1. The normalized spacial score (nSPS) is 34.8. The number of nitrogens with one attached hydrogen (secondary N) is 3. The highest BCUT2D eigenvalue weighted by Gasteiger charge is 2.60. The highest BCUT2D eigenvalue weighted by Crippen LogP contribution is 2.68. The molecular weight excluding hydrogens is 638 g/mol. The van der Waals surface area contributed by atoms with Crippen molar-refractivity contribution < 1.29 is 24.2 Å². The molecule has 280 valence electrons. The molecular formula is C43H63N3O5. The fraction of sp³-hybridized carbons (Fsp3) is 0.744. The van der Waals surface area contributed by atoms with E-state index < -0.39 is 12.0 Å². The molecule has 5 aliphatic carbocycles. The topological polar surface area (TPSA) is 121 Å². The highest BCUT2D eigenvalue weighted by molar-refractivity contribution is 5.83. The van der Waals surface area contributed by atoms with Crippen molar-refractivity contribution in [3.05, 3.63) is 36.0 Å². The van der Waals surface area contributed by atoms with Crippen LogP contribution in [-0.2, 0) is 20.7 Å². The van der Waals surface area contributed by atoms with Crippen LogP contribution in [0.15, 0.2) is 30.5 Å². The number of hydrogen-bond donors (Lipinski definition) is 4. The lowest BCUT2D eigenvalue weighted by Crippen LogP contribution is -2.54. The van der Waals surface area contributed by atoms with E-state index in [1.54, 1.807) is 0 Å². The number of carboxylic acids is 1. The number of carboxylic acid groups (broad SMARTS) is 1. The Hall–Kier alpha value is -3.03. The molecule has 0 radical (unpaired) electrons. The predicted octanol–water partition coefficient (Wildman–Crippen LogP) is 9.17. The summed E-state index contributed by atoms with van der Waals surface area (Å²) in [6.45, 7) is 7.53. The number of para-hydroxylation sites is 1. The number of fused-ring (bicyclic) bond motifs is 6. The van der Waals surface area contributed by atoms with E-state index in [4.69, 9.17) is 4.74 Å². The van der Waals surface area contributed by atoms with Gasteiger partial charge in [-0.25, -0.2) is 4.79 Å². The van der Waals surface area contributed by atoms with Crippen LogP contribution in [0.25, 0.3) is 10.9 Å². The Kier molecular flexibility index (Phi) is 10.8. The number of alkyl carbamates (subject to hydrolysis) is 1. The van der Waals surface area contributed by atoms with Crippen LogP contribution in [0.1, 0.15) is 135 Å². The SMILES string of the molecule is C[C@H](CCC(=O)N[C@H](CC(=O)O)Cc1c[nH]c2ccccc12)[C@H]1CC[C@H]2[C@@H]3CC[C@@H]4C[C@H](OC(=O)NC5CCCCC5)CC[C@]4(C)[C@H]3CC[C@]12C. The van der Waals surface area contributed by atoms with Crippen LogP contribution in [0.3, 0.4) is 0 Å². The smallest absolute Gasteiger partial charge is 0.407 e. The Balaban J connectivity index is 0.914. The summed E-state index contributed by atoms with van der Waals surface area (Å²) in [4.78, 5) is 41.1. The molecule has 1 aromatic heterocycles. The molecule has 51 heavy (non-hydrogen) atoms. The monoisotopic (exact) mass is 701 g/mol. The zero-order valence-electron chi connectivity index (χ0n) is 31.4. The average Bonchev–Trinajstić information content (AvgIpc) is 3.68. The van der Waals surface area contributed by atoms with Crippen molar-refractivity contribution in [2.45, 2.75) is 155 Å². The second kappa shape index (κ2) is 15.1. The lowest BCUT2D eigenvalue weighted by atomic mass is 9.44. The second-order valence-electron chi connectivity index (χ2n) is 18.1. The summed E-state index contributed by atoms with van der Waals surface area (Å²) >= 11 is 0. The van der Waals surface area contributed by atoms with E-state index >= 15 is 0 Å². The van der Waals surface area contributed by atoms with Crippen LogP contribution >= 0.6 is 0 Å². The van der Waals surface area contributed by atoms with Crippen LogP contribution < -0.4 is 10.6 Å². The lowest BCUT2D eigenvalue weighted by molar-refractivity contribution is -0.137. The van der Waals surface area contributed by atoms with Gasteiger partial charge < -0.3 is 25.5 Å². The summed E-state index contributed by atoms with van der Waals surface area (Å²) in [6.07, 6.45) is 20.2. The molecule has 0 aliphatic heterocycles. The maximum absolute atomic E-state index is 13.3. The minimum absolute atomic E-state index is 0.0337. The van der Waals surface area contributed by atoms with E-state index in [1.807, 2.05) is 30.5 Å². The maximum atomic E-state index is 13.3. The second-order valence-corrected chi connectivity index (χ2v) is 18.1. The number of ether oxygens (including phenoxy) is 1. The zero-order chi connectivity index (χ0) is 35.8. The van der Waals surface area contributed by atoms with E-state index in [0.717, 1.165) is 66.3 Å². The highest BCUT2D eigenvalue weighted by atomic mass is 16.6. The van der Waals surface area contributed by atoms with Crippen LogP contribution in [0.4, 0.5) is 4.79 Å². The van der Waals surface area contributed by atoms with Gasteiger partial charge in [0.25, 0.3) is 0 Å². The predicted molar refractivity (Wildman–Crippen MR) is 200 cm³/mol. The summed E-state index contributed by atoms with van der Waals surface area (Å²) in [7, 11) is 0. The molecule has 0 unspecified atom stereocenters. The molecule has 8 heteroatoms. The summed E-state index contributed by atoms with van der Waals surface area (Å²) < 4.78 is 6.06. The summed E-state index contributed by atoms with van der Waals surface area (Å²) in [5.41, 5.74) is 2.71. The van der Waals surface area contributed by atoms with Crippen LogP contribution in [0, 0.1) is 46.3 Å². The molecule has 8 nitrogen and oxygen atoms in total. The number of rotatable bonds is 11. The Bertz CT molecular complexity index is 1550.